The van der Waals surface area contributed by atoms with E-state index in [0.29, 0.717) is 0 Å². The maximum atomic E-state index is 5.53. The van der Waals surface area contributed by atoms with Crippen LogP contribution in [0.2, 0.25) is 0 Å². The smallest absolute Gasteiger partial charge is 0.193 e. The fourth-order valence-corrected chi connectivity index (χ4v) is 2.51. The first-order valence-corrected chi connectivity index (χ1v) is 8.17. The minimum absolute atomic E-state index is 0.734. The summed E-state index contributed by atoms with van der Waals surface area (Å²) < 4.78 is 5.53. The summed E-state index contributed by atoms with van der Waals surface area (Å²) in [5.74, 6) is 0.931. The number of rotatable bonds is 9. The second-order valence-electron chi connectivity index (χ2n) is 4.69. The first-order chi connectivity index (χ1) is 9.77. The zero-order chi connectivity index (χ0) is 14.6. The van der Waals surface area contributed by atoms with Gasteiger partial charge in [-0.2, -0.15) is 0 Å². The van der Waals surface area contributed by atoms with Gasteiger partial charge in [-0.1, -0.05) is 19.4 Å². The lowest BCUT2D eigenvalue weighted by atomic mass is 10.3. The highest BCUT2D eigenvalue weighted by Gasteiger charge is 2.05. The van der Waals surface area contributed by atoms with Crippen LogP contribution in [0.5, 0.6) is 0 Å². The SMILES string of the molecule is CCCCOCCNC(=NC)N(C)CCc1cccs1. The van der Waals surface area contributed by atoms with Gasteiger partial charge in [0.15, 0.2) is 5.96 Å². The molecule has 5 heteroatoms. The van der Waals surface area contributed by atoms with Crippen LogP contribution >= 0.6 is 11.3 Å². The predicted octanol–water partition coefficient (Wildman–Crippen LogP) is 2.61. The van der Waals surface area contributed by atoms with Gasteiger partial charge in [-0.05, 0) is 24.3 Å². The Labute approximate surface area is 126 Å². The van der Waals surface area contributed by atoms with E-state index in [-0.39, 0.29) is 0 Å². The molecule has 0 unspecified atom stereocenters. The molecule has 1 N–H and O–H groups in total. The molecule has 4 nitrogen and oxygen atoms in total. The van der Waals surface area contributed by atoms with E-state index in [1.807, 2.05) is 7.05 Å². The summed E-state index contributed by atoms with van der Waals surface area (Å²) in [6.45, 7) is 5.53. The lowest BCUT2D eigenvalue weighted by molar-refractivity contribution is 0.135. The molecule has 0 radical (unpaired) electrons. The van der Waals surface area contributed by atoms with Gasteiger partial charge in [0.25, 0.3) is 0 Å². The van der Waals surface area contributed by atoms with Gasteiger partial charge in [-0.15, -0.1) is 11.3 Å². The summed E-state index contributed by atoms with van der Waals surface area (Å²) in [6, 6.07) is 4.27. The molecule has 0 aliphatic rings. The molecule has 0 bridgehead atoms. The molecule has 114 valence electrons. The van der Waals surface area contributed by atoms with Crippen LogP contribution in [0.15, 0.2) is 22.5 Å². The molecule has 0 spiro atoms. The topological polar surface area (TPSA) is 36.9 Å². The minimum Gasteiger partial charge on any atom is -0.380 e. The molecule has 1 aromatic heterocycles. The molecule has 0 atom stereocenters. The molecule has 0 fully saturated rings. The molecule has 0 aliphatic heterocycles. The molecule has 0 aromatic carbocycles. The normalized spacial score (nSPS) is 11.7. The number of aliphatic imine (C=N–C) groups is 1. The summed E-state index contributed by atoms with van der Waals surface area (Å²) in [7, 11) is 3.89. The van der Waals surface area contributed by atoms with Crippen LogP contribution in [0.1, 0.15) is 24.6 Å². The summed E-state index contributed by atoms with van der Waals surface area (Å²) in [6.07, 6.45) is 3.37. The van der Waals surface area contributed by atoms with Crippen molar-refractivity contribution >= 4 is 17.3 Å². The molecule has 0 aliphatic carbocycles. The molecule has 20 heavy (non-hydrogen) atoms. The molecule has 0 saturated carbocycles. The third-order valence-corrected chi connectivity index (χ3v) is 3.96. The molecular weight excluding hydrogens is 270 g/mol. The average Bonchev–Trinajstić information content (AvgIpc) is 2.97. The van der Waals surface area contributed by atoms with Crippen molar-refractivity contribution in [3.8, 4) is 0 Å². The number of hydrogen-bond donors (Lipinski definition) is 1. The number of hydrogen-bond acceptors (Lipinski definition) is 3. The van der Waals surface area contributed by atoms with Gasteiger partial charge in [0.1, 0.15) is 0 Å². The maximum Gasteiger partial charge on any atom is 0.193 e. The molecular formula is C15H27N3OS. The van der Waals surface area contributed by atoms with E-state index >= 15 is 0 Å². The van der Waals surface area contributed by atoms with Gasteiger partial charge in [-0.25, -0.2) is 0 Å². The number of nitrogens with one attached hydrogen (secondary N) is 1. The van der Waals surface area contributed by atoms with E-state index < -0.39 is 0 Å². The monoisotopic (exact) mass is 297 g/mol. The number of nitrogens with zero attached hydrogens (tertiary/aromatic N) is 2. The summed E-state index contributed by atoms with van der Waals surface area (Å²) >= 11 is 1.81. The zero-order valence-corrected chi connectivity index (χ0v) is 13.7. The molecule has 1 heterocycles. The number of thiophene rings is 1. The number of likely N-dealkylation sites (N-methyl/N-ethyl adjacent to an activating group) is 1. The Hall–Kier alpha value is -1.07. The van der Waals surface area contributed by atoms with Crippen molar-refractivity contribution in [2.75, 3.05) is 40.4 Å². The lowest BCUT2D eigenvalue weighted by Crippen LogP contribution is -2.41. The quantitative estimate of drug-likeness (QED) is 0.432. The van der Waals surface area contributed by atoms with E-state index in [9.17, 15) is 0 Å². The van der Waals surface area contributed by atoms with Gasteiger partial charge in [0.05, 0.1) is 6.61 Å². The first kappa shape index (κ1) is 17.0. The van der Waals surface area contributed by atoms with Crippen molar-refractivity contribution in [1.29, 1.82) is 0 Å². The van der Waals surface area contributed by atoms with Crippen molar-refractivity contribution < 1.29 is 4.74 Å². The standard InChI is InChI=1S/C15H27N3OS/c1-4-5-11-19-12-9-17-15(16-2)18(3)10-8-14-7-6-13-20-14/h6-7,13H,4-5,8-12H2,1-3H3,(H,16,17). The molecule has 0 saturated heterocycles. The highest BCUT2D eigenvalue weighted by molar-refractivity contribution is 7.09. The zero-order valence-electron chi connectivity index (χ0n) is 12.9. The van der Waals surface area contributed by atoms with Gasteiger partial charge < -0.3 is 15.0 Å². The van der Waals surface area contributed by atoms with E-state index in [1.54, 1.807) is 11.3 Å². The number of unbranched alkanes of at least 4 members (excludes halogenated alkanes) is 1. The van der Waals surface area contributed by atoms with Crippen LogP contribution < -0.4 is 5.32 Å². The highest BCUT2D eigenvalue weighted by Crippen LogP contribution is 2.09. The fraction of sp³-hybridized carbons (Fsp3) is 0.667. The molecule has 1 aromatic rings. The van der Waals surface area contributed by atoms with Crippen LogP contribution in [-0.4, -0.2) is 51.3 Å². The van der Waals surface area contributed by atoms with E-state index in [1.165, 1.54) is 11.3 Å². The molecule has 1 rings (SSSR count). The van der Waals surface area contributed by atoms with Crippen LogP contribution in [0.25, 0.3) is 0 Å². The Morgan fingerprint density at radius 2 is 2.30 bits per heavy atom. The van der Waals surface area contributed by atoms with E-state index in [2.05, 4.69) is 46.7 Å². The van der Waals surface area contributed by atoms with Gasteiger partial charge >= 0.3 is 0 Å². The van der Waals surface area contributed by atoms with Crippen molar-refractivity contribution in [3.63, 3.8) is 0 Å². The van der Waals surface area contributed by atoms with Crippen molar-refractivity contribution in [3.05, 3.63) is 22.4 Å². The van der Waals surface area contributed by atoms with Gasteiger partial charge in [-0.3, -0.25) is 4.99 Å². The van der Waals surface area contributed by atoms with Gasteiger partial charge in [0, 0.05) is 38.7 Å². The van der Waals surface area contributed by atoms with Crippen LogP contribution in [0.4, 0.5) is 0 Å². The third-order valence-electron chi connectivity index (χ3n) is 3.02. The van der Waals surface area contributed by atoms with Crippen molar-refractivity contribution in [2.45, 2.75) is 26.2 Å². The lowest BCUT2D eigenvalue weighted by Gasteiger charge is -2.21. The van der Waals surface area contributed by atoms with Crippen LogP contribution in [-0.2, 0) is 11.2 Å². The van der Waals surface area contributed by atoms with E-state index in [4.69, 9.17) is 4.74 Å². The maximum absolute atomic E-state index is 5.53. The van der Waals surface area contributed by atoms with E-state index in [0.717, 1.165) is 45.1 Å². The van der Waals surface area contributed by atoms with Gasteiger partial charge in [0.2, 0.25) is 0 Å². The first-order valence-electron chi connectivity index (χ1n) is 7.29. The highest BCUT2D eigenvalue weighted by atomic mass is 32.1. The Kier molecular flexibility index (Phi) is 9.07. The number of guanidine groups is 1. The number of ether oxygens (including phenoxy) is 1. The van der Waals surface area contributed by atoms with Crippen molar-refractivity contribution in [2.24, 2.45) is 4.99 Å². The van der Waals surface area contributed by atoms with Crippen molar-refractivity contribution in [1.82, 2.24) is 10.2 Å². The fourth-order valence-electron chi connectivity index (χ4n) is 1.81. The third kappa shape index (κ3) is 6.91. The Morgan fingerprint density at radius 3 is 2.95 bits per heavy atom. The molecule has 0 amide bonds. The summed E-state index contributed by atoms with van der Waals surface area (Å²) in [4.78, 5) is 7.87. The predicted molar refractivity (Wildman–Crippen MR) is 87.7 cm³/mol. The second-order valence-corrected chi connectivity index (χ2v) is 5.72. The Morgan fingerprint density at radius 1 is 1.45 bits per heavy atom. The summed E-state index contributed by atoms with van der Waals surface area (Å²) in [5.41, 5.74) is 0. The second kappa shape index (κ2) is 10.7. The van der Waals surface area contributed by atoms with Crippen LogP contribution in [0.3, 0.4) is 0 Å². The summed E-state index contributed by atoms with van der Waals surface area (Å²) in [5, 5.41) is 5.45. The average molecular weight is 297 g/mol. The van der Waals surface area contributed by atoms with Crippen LogP contribution in [0, 0.1) is 0 Å². The Balaban J connectivity index is 2.17. The Bertz CT molecular complexity index is 365. The largest absolute Gasteiger partial charge is 0.380 e. The minimum atomic E-state index is 0.734.